The standard InChI is InChI=1S/C17H27N3/c1-3-8-16-9-10-17(19-16)15(2)18-11-7-14-20-12-5-4-6-13-20/h3,10,18H,1-2,4-9,11-14H2. The van der Waals surface area contributed by atoms with Crippen molar-refractivity contribution >= 4 is 5.71 Å². The van der Waals surface area contributed by atoms with E-state index in [1.54, 1.807) is 0 Å². The average Bonchev–Trinajstić information content (AvgIpc) is 2.94. The molecule has 2 heterocycles. The van der Waals surface area contributed by atoms with Crippen molar-refractivity contribution in [3.05, 3.63) is 36.7 Å². The summed E-state index contributed by atoms with van der Waals surface area (Å²) < 4.78 is 0. The summed E-state index contributed by atoms with van der Waals surface area (Å²) in [5.41, 5.74) is 3.16. The van der Waals surface area contributed by atoms with E-state index in [1.807, 2.05) is 6.08 Å². The topological polar surface area (TPSA) is 27.6 Å². The molecule has 2 aliphatic rings. The number of likely N-dealkylation sites (tertiary alicyclic amines) is 1. The first kappa shape index (κ1) is 15.0. The number of hydrogen-bond acceptors (Lipinski definition) is 3. The van der Waals surface area contributed by atoms with Crippen LogP contribution in [0.4, 0.5) is 0 Å². The van der Waals surface area contributed by atoms with E-state index in [0.29, 0.717) is 0 Å². The summed E-state index contributed by atoms with van der Waals surface area (Å²) in [7, 11) is 0. The van der Waals surface area contributed by atoms with Crippen LogP contribution < -0.4 is 5.32 Å². The van der Waals surface area contributed by atoms with Gasteiger partial charge >= 0.3 is 0 Å². The Balaban J connectivity index is 1.62. The lowest BCUT2D eigenvalue weighted by Gasteiger charge is -2.26. The Bertz CT molecular complexity index is 400. The second-order valence-corrected chi connectivity index (χ2v) is 5.63. The highest BCUT2D eigenvalue weighted by molar-refractivity contribution is 5.90. The minimum absolute atomic E-state index is 0.877. The van der Waals surface area contributed by atoms with Gasteiger partial charge < -0.3 is 10.2 Å². The monoisotopic (exact) mass is 273 g/mol. The van der Waals surface area contributed by atoms with Crippen molar-refractivity contribution < 1.29 is 0 Å². The zero-order valence-electron chi connectivity index (χ0n) is 12.5. The Morgan fingerprint density at radius 1 is 1.35 bits per heavy atom. The molecule has 0 aromatic rings. The number of aliphatic imine (C=N–C) groups is 1. The number of hydrogen-bond donors (Lipinski definition) is 1. The van der Waals surface area contributed by atoms with Crippen molar-refractivity contribution in [2.45, 2.75) is 38.5 Å². The van der Waals surface area contributed by atoms with Crippen LogP contribution in [-0.2, 0) is 0 Å². The van der Waals surface area contributed by atoms with Crippen LogP contribution in [0.2, 0.25) is 0 Å². The van der Waals surface area contributed by atoms with E-state index in [-0.39, 0.29) is 0 Å². The van der Waals surface area contributed by atoms with Crippen molar-refractivity contribution in [1.82, 2.24) is 10.2 Å². The molecular weight excluding hydrogens is 246 g/mol. The highest BCUT2D eigenvalue weighted by Gasteiger charge is 2.11. The maximum Gasteiger partial charge on any atom is 0.0818 e. The fourth-order valence-electron chi connectivity index (χ4n) is 2.78. The fraction of sp³-hybridized carbons (Fsp3) is 0.588. The van der Waals surface area contributed by atoms with Crippen LogP contribution in [0.25, 0.3) is 0 Å². The third kappa shape index (κ3) is 4.64. The molecule has 20 heavy (non-hydrogen) atoms. The maximum absolute atomic E-state index is 4.58. The molecule has 1 N–H and O–H groups in total. The highest BCUT2D eigenvalue weighted by atomic mass is 15.1. The van der Waals surface area contributed by atoms with Crippen molar-refractivity contribution in [3.8, 4) is 0 Å². The fourth-order valence-corrected chi connectivity index (χ4v) is 2.78. The van der Waals surface area contributed by atoms with Gasteiger partial charge in [-0.3, -0.25) is 4.99 Å². The molecule has 0 saturated carbocycles. The van der Waals surface area contributed by atoms with Gasteiger partial charge in [0.1, 0.15) is 0 Å². The minimum Gasteiger partial charge on any atom is -0.384 e. The van der Waals surface area contributed by atoms with E-state index in [9.17, 15) is 0 Å². The molecule has 110 valence electrons. The van der Waals surface area contributed by atoms with Gasteiger partial charge in [-0.15, -0.1) is 6.58 Å². The van der Waals surface area contributed by atoms with E-state index in [2.05, 4.69) is 34.4 Å². The van der Waals surface area contributed by atoms with Crippen molar-refractivity contribution in [1.29, 1.82) is 0 Å². The van der Waals surface area contributed by atoms with E-state index in [0.717, 1.165) is 30.8 Å². The summed E-state index contributed by atoms with van der Waals surface area (Å²) in [6.07, 6.45) is 11.2. The maximum atomic E-state index is 4.58. The van der Waals surface area contributed by atoms with E-state index < -0.39 is 0 Å². The van der Waals surface area contributed by atoms with Gasteiger partial charge in [-0.05, 0) is 38.9 Å². The molecule has 3 heteroatoms. The Morgan fingerprint density at radius 2 is 2.15 bits per heavy atom. The molecule has 0 atom stereocenters. The number of nitrogens with one attached hydrogen (secondary N) is 1. The molecule has 0 bridgehead atoms. The summed E-state index contributed by atoms with van der Waals surface area (Å²) in [6, 6.07) is 0. The van der Waals surface area contributed by atoms with Gasteiger partial charge in [0.15, 0.2) is 0 Å². The minimum atomic E-state index is 0.877. The average molecular weight is 273 g/mol. The van der Waals surface area contributed by atoms with Crippen LogP contribution in [0.1, 0.15) is 38.5 Å². The van der Waals surface area contributed by atoms with Crippen LogP contribution in [0.5, 0.6) is 0 Å². The molecule has 0 aliphatic carbocycles. The van der Waals surface area contributed by atoms with Gasteiger partial charge in [-0.1, -0.05) is 25.2 Å². The first-order valence-corrected chi connectivity index (χ1v) is 7.82. The lowest BCUT2D eigenvalue weighted by molar-refractivity contribution is 0.226. The smallest absolute Gasteiger partial charge is 0.0818 e. The molecule has 0 spiro atoms. The van der Waals surface area contributed by atoms with Crippen LogP contribution >= 0.6 is 0 Å². The summed E-state index contributed by atoms with van der Waals surface area (Å²) in [5.74, 6) is 0. The van der Waals surface area contributed by atoms with Gasteiger partial charge in [0.2, 0.25) is 0 Å². The molecule has 0 unspecified atom stereocenters. The molecule has 0 aromatic heterocycles. The summed E-state index contributed by atoms with van der Waals surface area (Å²) in [5, 5.41) is 3.40. The van der Waals surface area contributed by atoms with Crippen molar-refractivity contribution in [2.75, 3.05) is 26.2 Å². The van der Waals surface area contributed by atoms with E-state index in [4.69, 9.17) is 0 Å². The summed E-state index contributed by atoms with van der Waals surface area (Å²) >= 11 is 0. The first-order valence-electron chi connectivity index (χ1n) is 7.82. The zero-order chi connectivity index (χ0) is 14.2. The largest absolute Gasteiger partial charge is 0.384 e. The lowest BCUT2D eigenvalue weighted by Crippen LogP contribution is -2.32. The summed E-state index contributed by atoms with van der Waals surface area (Å²) in [4.78, 5) is 7.15. The van der Waals surface area contributed by atoms with E-state index in [1.165, 1.54) is 51.0 Å². The highest BCUT2D eigenvalue weighted by Crippen LogP contribution is 2.17. The second kappa shape index (κ2) is 8.05. The molecule has 0 radical (unpaired) electrons. The van der Waals surface area contributed by atoms with Crippen LogP contribution in [0.3, 0.4) is 0 Å². The Kier molecular flexibility index (Phi) is 6.06. The number of nitrogens with zero attached hydrogens (tertiary/aromatic N) is 2. The normalized spacial score (nSPS) is 19.4. The number of allylic oxidation sites excluding steroid dienone is 2. The van der Waals surface area contributed by atoms with Crippen LogP contribution in [-0.4, -0.2) is 36.8 Å². The molecule has 0 aromatic carbocycles. The number of rotatable bonds is 8. The van der Waals surface area contributed by atoms with Crippen molar-refractivity contribution in [3.63, 3.8) is 0 Å². The van der Waals surface area contributed by atoms with E-state index >= 15 is 0 Å². The molecule has 3 nitrogen and oxygen atoms in total. The van der Waals surface area contributed by atoms with Crippen LogP contribution in [0, 0.1) is 0 Å². The first-order chi connectivity index (χ1) is 9.79. The predicted octanol–water partition coefficient (Wildman–Crippen LogP) is 3.27. The predicted molar refractivity (Wildman–Crippen MR) is 87.0 cm³/mol. The zero-order valence-corrected chi connectivity index (χ0v) is 12.5. The number of piperidine rings is 1. The Labute approximate surface area is 123 Å². The van der Waals surface area contributed by atoms with Gasteiger partial charge in [0.25, 0.3) is 0 Å². The molecule has 1 fully saturated rings. The third-order valence-corrected chi connectivity index (χ3v) is 3.94. The SMILES string of the molecule is C=CCC1=NC(C(=C)NCCCN2CCCCC2)=CC1. The van der Waals surface area contributed by atoms with Gasteiger partial charge in [0.05, 0.1) is 11.4 Å². The second-order valence-electron chi connectivity index (χ2n) is 5.63. The third-order valence-electron chi connectivity index (χ3n) is 3.94. The summed E-state index contributed by atoms with van der Waals surface area (Å²) in [6.45, 7) is 12.6. The van der Waals surface area contributed by atoms with Crippen molar-refractivity contribution in [2.24, 2.45) is 4.99 Å². The van der Waals surface area contributed by atoms with Gasteiger partial charge in [-0.25, -0.2) is 0 Å². The molecule has 0 amide bonds. The Morgan fingerprint density at radius 3 is 2.90 bits per heavy atom. The molecule has 2 aliphatic heterocycles. The van der Waals surface area contributed by atoms with Gasteiger partial charge in [-0.2, -0.15) is 0 Å². The molecule has 1 saturated heterocycles. The van der Waals surface area contributed by atoms with Gasteiger partial charge in [0, 0.05) is 25.1 Å². The quantitative estimate of drug-likeness (QED) is 0.543. The Hall–Kier alpha value is -1.35. The molecular formula is C17H27N3. The lowest BCUT2D eigenvalue weighted by atomic mass is 10.1. The molecule has 2 rings (SSSR count). The van der Waals surface area contributed by atoms with Crippen LogP contribution in [0.15, 0.2) is 41.7 Å².